The van der Waals surface area contributed by atoms with Crippen molar-refractivity contribution in [2.45, 2.75) is 18.4 Å². The first-order valence-electron chi connectivity index (χ1n) is 7.07. The van der Waals surface area contributed by atoms with E-state index in [0.717, 1.165) is 9.87 Å². The second-order valence-corrected chi connectivity index (χ2v) is 7.62. The Morgan fingerprint density at radius 2 is 1.71 bits per heavy atom. The van der Waals surface area contributed by atoms with Crippen LogP contribution in [0.2, 0.25) is 5.02 Å². The number of amides is 1. The summed E-state index contributed by atoms with van der Waals surface area (Å²) in [7, 11) is -3.90. The molecule has 0 fully saturated rings. The van der Waals surface area contributed by atoms with Gasteiger partial charge in [-0.15, -0.1) is 0 Å². The minimum absolute atomic E-state index is 0.0270. The largest absolute Gasteiger partial charge is 0.289 e. The van der Waals surface area contributed by atoms with Crippen molar-refractivity contribution in [2.24, 2.45) is 0 Å². The van der Waals surface area contributed by atoms with Crippen molar-refractivity contribution < 1.29 is 18.4 Å². The fraction of sp³-hybridized carbons (Fsp3) is 0.188. The van der Waals surface area contributed by atoms with Gasteiger partial charge in [0, 0.05) is 11.6 Å². The van der Waals surface area contributed by atoms with E-state index in [1.165, 1.54) is 17.6 Å². The second kappa shape index (κ2) is 7.76. The smallest absolute Gasteiger partial charge is 0.258 e. The highest BCUT2D eigenvalue weighted by Gasteiger charge is 2.26. The van der Waals surface area contributed by atoms with E-state index in [-0.39, 0.29) is 11.4 Å². The third-order valence-corrected chi connectivity index (χ3v) is 5.43. The summed E-state index contributed by atoms with van der Waals surface area (Å²) in [5.41, 5.74) is 3.05. The average molecular weight is 369 g/mol. The molecule has 0 aliphatic carbocycles. The maximum atomic E-state index is 12.8. The molecular formula is C16H17ClN2O4S. The van der Waals surface area contributed by atoms with E-state index in [1.807, 2.05) is 6.92 Å². The first-order valence-corrected chi connectivity index (χ1v) is 8.89. The number of nitrogens with zero attached hydrogens (tertiary/aromatic N) is 1. The topological polar surface area (TPSA) is 86.7 Å². The van der Waals surface area contributed by atoms with E-state index in [0.29, 0.717) is 10.6 Å². The lowest BCUT2D eigenvalue weighted by Gasteiger charge is -2.21. The molecule has 2 rings (SSSR count). The van der Waals surface area contributed by atoms with Crippen molar-refractivity contribution >= 4 is 27.5 Å². The number of rotatable bonds is 6. The molecule has 2 aromatic carbocycles. The van der Waals surface area contributed by atoms with Crippen LogP contribution in [0.25, 0.3) is 0 Å². The fourth-order valence-corrected chi connectivity index (χ4v) is 3.58. The van der Waals surface area contributed by atoms with Crippen LogP contribution < -0.4 is 5.48 Å². The molecule has 0 bridgehead atoms. The van der Waals surface area contributed by atoms with Gasteiger partial charge in [0.2, 0.25) is 10.0 Å². The Balaban J connectivity index is 2.35. The van der Waals surface area contributed by atoms with Gasteiger partial charge in [-0.2, -0.15) is 4.31 Å². The van der Waals surface area contributed by atoms with Gasteiger partial charge in [0.25, 0.3) is 5.91 Å². The van der Waals surface area contributed by atoms with E-state index >= 15 is 0 Å². The van der Waals surface area contributed by atoms with Gasteiger partial charge in [-0.05, 0) is 36.8 Å². The van der Waals surface area contributed by atoms with Crippen LogP contribution >= 0.6 is 11.6 Å². The molecule has 8 heteroatoms. The zero-order valence-corrected chi connectivity index (χ0v) is 14.5. The number of aryl methyl sites for hydroxylation is 1. The van der Waals surface area contributed by atoms with Crippen LogP contribution in [0.5, 0.6) is 0 Å². The Morgan fingerprint density at radius 3 is 2.25 bits per heavy atom. The van der Waals surface area contributed by atoms with Gasteiger partial charge in [-0.25, -0.2) is 13.9 Å². The first-order chi connectivity index (χ1) is 11.3. The Morgan fingerprint density at radius 1 is 1.12 bits per heavy atom. The number of hydroxylamine groups is 1. The summed E-state index contributed by atoms with van der Waals surface area (Å²) in [6.07, 6.45) is 0. The number of benzene rings is 2. The molecule has 24 heavy (non-hydrogen) atoms. The summed E-state index contributed by atoms with van der Waals surface area (Å²) >= 11 is 5.83. The third-order valence-electron chi connectivity index (χ3n) is 3.38. The Labute approximate surface area is 145 Å². The van der Waals surface area contributed by atoms with Gasteiger partial charge in [0.05, 0.1) is 11.4 Å². The van der Waals surface area contributed by atoms with Gasteiger partial charge < -0.3 is 0 Å². The Hall–Kier alpha value is -1.93. The summed E-state index contributed by atoms with van der Waals surface area (Å²) in [5.74, 6) is -0.820. The monoisotopic (exact) mass is 368 g/mol. The van der Waals surface area contributed by atoms with Crippen LogP contribution in [-0.2, 0) is 21.4 Å². The predicted molar refractivity (Wildman–Crippen MR) is 90.2 cm³/mol. The summed E-state index contributed by atoms with van der Waals surface area (Å²) in [6.45, 7) is 1.32. The van der Waals surface area contributed by atoms with Crippen molar-refractivity contribution in [3.05, 3.63) is 64.7 Å². The van der Waals surface area contributed by atoms with Gasteiger partial charge in [-0.3, -0.25) is 10.0 Å². The van der Waals surface area contributed by atoms with Gasteiger partial charge in [0.1, 0.15) is 0 Å². The number of hydrogen-bond donors (Lipinski definition) is 2. The maximum absolute atomic E-state index is 12.8. The van der Waals surface area contributed by atoms with E-state index in [4.69, 9.17) is 16.8 Å². The van der Waals surface area contributed by atoms with Gasteiger partial charge in [0.15, 0.2) is 0 Å². The number of halogens is 1. The van der Waals surface area contributed by atoms with Crippen molar-refractivity contribution in [3.8, 4) is 0 Å². The van der Waals surface area contributed by atoms with E-state index < -0.39 is 22.5 Å². The second-order valence-electron chi connectivity index (χ2n) is 5.25. The molecule has 1 amide bonds. The van der Waals surface area contributed by atoms with Crippen LogP contribution in [0.4, 0.5) is 0 Å². The van der Waals surface area contributed by atoms with Gasteiger partial charge >= 0.3 is 0 Å². The molecule has 0 radical (unpaired) electrons. The van der Waals surface area contributed by atoms with Crippen LogP contribution in [0, 0.1) is 6.92 Å². The summed E-state index contributed by atoms with van der Waals surface area (Å²) in [4.78, 5) is 11.6. The normalized spacial score (nSPS) is 11.5. The van der Waals surface area contributed by atoms with E-state index in [2.05, 4.69) is 0 Å². The maximum Gasteiger partial charge on any atom is 0.258 e. The molecule has 0 atom stereocenters. The van der Waals surface area contributed by atoms with E-state index in [1.54, 1.807) is 36.4 Å². The van der Waals surface area contributed by atoms with Gasteiger partial charge in [-0.1, -0.05) is 41.4 Å². The molecule has 0 saturated heterocycles. The van der Waals surface area contributed by atoms with Crippen molar-refractivity contribution in [1.29, 1.82) is 0 Å². The van der Waals surface area contributed by atoms with Crippen molar-refractivity contribution in [1.82, 2.24) is 9.79 Å². The fourth-order valence-electron chi connectivity index (χ4n) is 2.07. The van der Waals surface area contributed by atoms with Crippen LogP contribution in [0.3, 0.4) is 0 Å². The molecular weight excluding hydrogens is 352 g/mol. The first kappa shape index (κ1) is 18.4. The summed E-state index contributed by atoms with van der Waals surface area (Å²) in [6, 6.07) is 13.0. The Bertz CT molecular complexity index is 805. The molecule has 0 aliphatic rings. The van der Waals surface area contributed by atoms with Crippen LogP contribution in [-0.4, -0.2) is 30.4 Å². The zero-order valence-electron chi connectivity index (χ0n) is 12.9. The molecule has 2 aromatic rings. The molecule has 0 unspecified atom stereocenters. The molecule has 0 spiro atoms. The lowest BCUT2D eigenvalue weighted by Crippen LogP contribution is -2.39. The van der Waals surface area contributed by atoms with Crippen molar-refractivity contribution in [2.75, 3.05) is 6.54 Å². The molecule has 0 aromatic heterocycles. The Kier molecular flexibility index (Phi) is 5.95. The highest BCUT2D eigenvalue weighted by Crippen LogP contribution is 2.20. The van der Waals surface area contributed by atoms with Crippen molar-refractivity contribution in [3.63, 3.8) is 0 Å². The standard InChI is InChI=1S/C16H17ClN2O4S/c1-12-2-8-15(9-3-12)24(22,23)19(11-16(20)18-21)10-13-4-6-14(17)7-5-13/h2-9,21H,10-11H2,1H3,(H,18,20). The molecule has 0 aliphatic heterocycles. The minimum atomic E-state index is -3.90. The highest BCUT2D eigenvalue weighted by atomic mass is 35.5. The summed E-state index contributed by atoms with van der Waals surface area (Å²) in [5, 5.41) is 9.25. The molecule has 2 N–H and O–H groups in total. The number of carbonyl (C=O) groups is 1. The predicted octanol–water partition coefficient (Wildman–Crippen LogP) is 2.34. The molecule has 0 heterocycles. The number of sulfonamides is 1. The lowest BCUT2D eigenvalue weighted by molar-refractivity contribution is -0.129. The highest BCUT2D eigenvalue weighted by molar-refractivity contribution is 7.89. The lowest BCUT2D eigenvalue weighted by atomic mass is 10.2. The quantitative estimate of drug-likeness (QED) is 0.605. The number of nitrogens with one attached hydrogen (secondary N) is 1. The SMILES string of the molecule is Cc1ccc(S(=O)(=O)N(CC(=O)NO)Cc2ccc(Cl)cc2)cc1. The summed E-state index contributed by atoms with van der Waals surface area (Å²) < 4.78 is 26.6. The molecule has 128 valence electrons. The third kappa shape index (κ3) is 4.55. The van der Waals surface area contributed by atoms with E-state index in [9.17, 15) is 13.2 Å². The molecule has 0 saturated carbocycles. The minimum Gasteiger partial charge on any atom is -0.289 e. The zero-order chi connectivity index (χ0) is 17.7. The van der Waals surface area contributed by atoms with Crippen LogP contribution in [0.1, 0.15) is 11.1 Å². The van der Waals surface area contributed by atoms with Crippen LogP contribution in [0.15, 0.2) is 53.4 Å². The average Bonchev–Trinajstić information content (AvgIpc) is 2.56. The molecule has 6 nitrogen and oxygen atoms in total. The number of hydrogen-bond acceptors (Lipinski definition) is 4. The number of carbonyl (C=O) groups excluding carboxylic acids is 1.